The Bertz CT molecular complexity index is 643. The summed E-state index contributed by atoms with van der Waals surface area (Å²) in [5.74, 6) is 0.149. The molecule has 1 aliphatic rings. The van der Waals surface area contributed by atoms with Crippen molar-refractivity contribution in [3.63, 3.8) is 0 Å². The van der Waals surface area contributed by atoms with Crippen LogP contribution in [0.2, 0.25) is 0 Å². The van der Waals surface area contributed by atoms with Gasteiger partial charge in [-0.05, 0) is 36.1 Å². The van der Waals surface area contributed by atoms with Gasteiger partial charge in [0, 0.05) is 26.3 Å². The summed E-state index contributed by atoms with van der Waals surface area (Å²) in [6.45, 7) is 0.584. The van der Waals surface area contributed by atoms with Gasteiger partial charge in [0.25, 0.3) is 0 Å². The molecule has 0 saturated heterocycles. The standard InChI is InChI=1S/C19H22N2O/c1-21(2)17-10-8-15(9-11-17)14-20-18(22)19(12-13-19)16-6-4-3-5-7-16/h3-11H,12-14H2,1-2H3,(H,20,22). The van der Waals surface area contributed by atoms with Gasteiger partial charge in [0.05, 0.1) is 5.41 Å². The van der Waals surface area contributed by atoms with Gasteiger partial charge in [0.2, 0.25) is 5.91 Å². The Hall–Kier alpha value is -2.29. The SMILES string of the molecule is CN(C)c1ccc(CNC(=O)C2(c3ccccc3)CC2)cc1. The Balaban J connectivity index is 1.63. The quantitative estimate of drug-likeness (QED) is 0.919. The summed E-state index contributed by atoms with van der Waals surface area (Å²) in [6, 6.07) is 18.4. The molecule has 2 aromatic carbocycles. The van der Waals surface area contributed by atoms with Crippen LogP contribution in [0.1, 0.15) is 24.0 Å². The molecule has 3 rings (SSSR count). The van der Waals surface area contributed by atoms with Crippen molar-refractivity contribution < 1.29 is 4.79 Å². The second kappa shape index (κ2) is 5.84. The molecule has 0 heterocycles. The van der Waals surface area contributed by atoms with Crippen molar-refractivity contribution in [1.29, 1.82) is 0 Å². The van der Waals surface area contributed by atoms with Gasteiger partial charge < -0.3 is 10.2 Å². The van der Waals surface area contributed by atoms with Crippen molar-refractivity contribution in [2.75, 3.05) is 19.0 Å². The molecule has 0 bridgehead atoms. The third kappa shape index (κ3) is 2.84. The minimum Gasteiger partial charge on any atom is -0.378 e. The minimum absolute atomic E-state index is 0.149. The van der Waals surface area contributed by atoms with Gasteiger partial charge >= 0.3 is 0 Å². The Kier molecular flexibility index (Phi) is 3.88. The van der Waals surface area contributed by atoms with E-state index in [2.05, 4.69) is 46.6 Å². The molecule has 0 spiro atoms. The third-order valence-electron chi connectivity index (χ3n) is 4.42. The summed E-state index contributed by atoms with van der Waals surface area (Å²) in [6.07, 6.45) is 1.89. The first-order valence-corrected chi connectivity index (χ1v) is 7.72. The van der Waals surface area contributed by atoms with Crippen molar-refractivity contribution in [2.24, 2.45) is 0 Å². The van der Waals surface area contributed by atoms with Crippen molar-refractivity contribution in [3.8, 4) is 0 Å². The fourth-order valence-corrected chi connectivity index (χ4v) is 2.79. The maximum Gasteiger partial charge on any atom is 0.230 e. The molecule has 0 atom stereocenters. The van der Waals surface area contributed by atoms with Gasteiger partial charge in [-0.2, -0.15) is 0 Å². The third-order valence-corrected chi connectivity index (χ3v) is 4.42. The Labute approximate surface area is 132 Å². The smallest absolute Gasteiger partial charge is 0.230 e. The average molecular weight is 294 g/mol. The van der Waals surface area contributed by atoms with E-state index in [0.29, 0.717) is 6.54 Å². The summed E-state index contributed by atoms with van der Waals surface area (Å²) in [4.78, 5) is 14.6. The van der Waals surface area contributed by atoms with E-state index in [-0.39, 0.29) is 11.3 Å². The average Bonchev–Trinajstić information content (AvgIpc) is 3.36. The van der Waals surface area contributed by atoms with Crippen LogP contribution in [0.15, 0.2) is 54.6 Å². The first kappa shape index (κ1) is 14.6. The normalized spacial score (nSPS) is 15.2. The maximum atomic E-state index is 12.6. The van der Waals surface area contributed by atoms with Gasteiger partial charge in [0.15, 0.2) is 0 Å². The largest absolute Gasteiger partial charge is 0.378 e. The molecule has 2 aromatic rings. The molecule has 0 aromatic heterocycles. The number of benzene rings is 2. The molecule has 0 aliphatic heterocycles. The summed E-state index contributed by atoms with van der Waals surface area (Å²) in [5, 5.41) is 3.10. The molecule has 1 saturated carbocycles. The van der Waals surface area contributed by atoms with Gasteiger partial charge in [-0.15, -0.1) is 0 Å². The monoisotopic (exact) mass is 294 g/mol. The summed E-state index contributed by atoms with van der Waals surface area (Å²) >= 11 is 0. The van der Waals surface area contributed by atoms with E-state index in [1.165, 1.54) is 0 Å². The first-order chi connectivity index (χ1) is 10.6. The van der Waals surface area contributed by atoms with Crippen LogP contribution in [0.3, 0.4) is 0 Å². The highest BCUT2D eigenvalue weighted by atomic mass is 16.2. The lowest BCUT2D eigenvalue weighted by Crippen LogP contribution is -2.34. The number of nitrogens with one attached hydrogen (secondary N) is 1. The number of carbonyl (C=O) groups is 1. The van der Waals surface area contributed by atoms with Gasteiger partial charge in [-0.3, -0.25) is 4.79 Å². The number of rotatable bonds is 5. The zero-order chi connectivity index (χ0) is 15.6. The predicted molar refractivity (Wildman–Crippen MR) is 90.0 cm³/mol. The highest BCUT2D eigenvalue weighted by Gasteiger charge is 2.50. The molecule has 1 amide bonds. The lowest BCUT2D eigenvalue weighted by atomic mass is 9.95. The first-order valence-electron chi connectivity index (χ1n) is 7.72. The Morgan fingerprint density at radius 2 is 1.68 bits per heavy atom. The lowest BCUT2D eigenvalue weighted by molar-refractivity contribution is -0.123. The van der Waals surface area contributed by atoms with Crippen molar-refractivity contribution in [3.05, 3.63) is 65.7 Å². The number of hydrogen-bond acceptors (Lipinski definition) is 2. The van der Waals surface area contributed by atoms with E-state index >= 15 is 0 Å². The number of nitrogens with zero attached hydrogens (tertiary/aromatic N) is 1. The number of carbonyl (C=O) groups excluding carboxylic acids is 1. The van der Waals surface area contributed by atoms with Crippen LogP contribution >= 0.6 is 0 Å². The lowest BCUT2D eigenvalue weighted by Gasteiger charge is -2.16. The molecular formula is C19H22N2O. The van der Waals surface area contributed by atoms with Gasteiger partial charge in [0.1, 0.15) is 0 Å². The number of anilines is 1. The maximum absolute atomic E-state index is 12.6. The van der Waals surface area contributed by atoms with E-state index in [0.717, 1.165) is 29.7 Å². The fourth-order valence-electron chi connectivity index (χ4n) is 2.79. The Morgan fingerprint density at radius 1 is 1.05 bits per heavy atom. The van der Waals surface area contributed by atoms with Crippen molar-refractivity contribution >= 4 is 11.6 Å². The van der Waals surface area contributed by atoms with Crippen LogP contribution in [0, 0.1) is 0 Å². The Morgan fingerprint density at radius 3 is 2.23 bits per heavy atom. The van der Waals surface area contributed by atoms with Crippen LogP contribution in [-0.2, 0) is 16.8 Å². The number of hydrogen-bond donors (Lipinski definition) is 1. The van der Waals surface area contributed by atoms with Crippen LogP contribution in [0.4, 0.5) is 5.69 Å². The van der Waals surface area contributed by atoms with Gasteiger partial charge in [-0.25, -0.2) is 0 Å². The summed E-state index contributed by atoms with van der Waals surface area (Å²) in [5.41, 5.74) is 3.14. The zero-order valence-corrected chi connectivity index (χ0v) is 13.2. The molecular weight excluding hydrogens is 272 g/mol. The molecule has 1 fully saturated rings. The molecule has 22 heavy (non-hydrogen) atoms. The highest BCUT2D eigenvalue weighted by Crippen LogP contribution is 2.48. The van der Waals surface area contributed by atoms with Gasteiger partial charge in [-0.1, -0.05) is 42.5 Å². The van der Waals surface area contributed by atoms with Crippen LogP contribution in [-0.4, -0.2) is 20.0 Å². The minimum atomic E-state index is -0.287. The van der Waals surface area contributed by atoms with E-state index in [9.17, 15) is 4.79 Å². The molecule has 3 nitrogen and oxygen atoms in total. The summed E-state index contributed by atoms with van der Waals surface area (Å²) < 4.78 is 0. The molecule has 114 valence electrons. The topological polar surface area (TPSA) is 32.3 Å². The molecule has 3 heteroatoms. The van der Waals surface area contributed by atoms with E-state index < -0.39 is 0 Å². The molecule has 1 N–H and O–H groups in total. The van der Waals surface area contributed by atoms with Crippen molar-refractivity contribution in [1.82, 2.24) is 5.32 Å². The fraction of sp³-hybridized carbons (Fsp3) is 0.316. The second-order valence-corrected chi connectivity index (χ2v) is 6.19. The summed E-state index contributed by atoms with van der Waals surface area (Å²) in [7, 11) is 4.04. The predicted octanol–water partition coefficient (Wildman–Crippen LogP) is 3.10. The van der Waals surface area contributed by atoms with E-state index in [1.54, 1.807) is 0 Å². The second-order valence-electron chi connectivity index (χ2n) is 6.19. The molecule has 0 unspecified atom stereocenters. The van der Waals surface area contributed by atoms with Crippen LogP contribution in [0.25, 0.3) is 0 Å². The highest BCUT2D eigenvalue weighted by molar-refractivity contribution is 5.91. The molecule has 1 aliphatic carbocycles. The zero-order valence-electron chi connectivity index (χ0n) is 13.2. The van der Waals surface area contributed by atoms with Crippen molar-refractivity contribution in [2.45, 2.75) is 24.8 Å². The number of amides is 1. The van der Waals surface area contributed by atoms with E-state index in [4.69, 9.17) is 0 Å². The van der Waals surface area contributed by atoms with Crippen LogP contribution < -0.4 is 10.2 Å². The molecule has 0 radical (unpaired) electrons. The van der Waals surface area contributed by atoms with E-state index in [1.807, 2.05) is 32.3 Å². The van der Waals surface area contributed by atoms with Crippen LogP contribution in [0.5, 0.6) is 0 Å².